The summed E-state index contributed by atoms with van der Waals surface area (Å²) in [5.74, 6) is 0.928. The molecule has 0 aliphatic heterocycles. The molecule has 1 heterocycles. The average molecular weight is 267 g/mol. The Hall–Kier alpha value is -0.910. The smallest absolute Gasteiger partial charge is 0.151 e. The lowest BCUT2D eigenvalue weighted by Gasteiger charge is -2.24. The van der Waals surface area contributed by atoms with Gasteiger partial charge in [0.1, 0.15) is 0 Å². The van der Waals surface area contributed by atoms with Crippen LogP contribution in [0.2, 0.25) is 0 Å². The zero-order valence-electron chi connectivity index (χ0n) is 12.2. The summed E-state index contributed by atoms with van der Waals surface area (Å²) >= 11 is 0. The van der Waals surface area contributed by atoms with Gasteiger partial charge in [0, 0.05) is 38.3 Å². The van der Waals surface area contributed by atoms with E-state index in [1.165, 1.54) is 12.8 Å². The van der Waals surface area contributed by atoms with E-state index in [1.54, 1.807) is 7.11 Å². The molecule has 1 aliphatic carbocycles. The zero-order chi connectivity index (χ0) is 13.7. The van der Waals surface area contributed by atoms with Crippen molar-refractivity contribution in [3.05, 3.63) is 17.5 Å². The molecule has 19 heavy (non-hydrogen) atoms. The second kappa shape index (κ2) is 7.03. The molecule has 1 fully saturated rings. The molecule has 0 spiro atoms. The van der Waals surface area contributed by atoms with Crippen molar-refractivity contribution in [3.63, 3.8) is 0 Å². The van der Waals surface area contributed by atoms with Gasteiger partial charge in [0.15, 0.2) is 5.76 Å². The molecule has 0 atom stereocenters. The van der Waals surface area contributed by atoms with Gasteiger partial charge in [0.05, 0.1) is 18.8 Å². The molecule has 0 radical (unpaired) electrons. The number of hydrogen-bond donors (Lipinski definition) is 1. The first-order valence-electron chi connectivity index (χ1n) is 7.10. The lowest BCUT2D eigenvalue weighted by molar-refractivity contribution is 0.117. The Bertz CT molecular complexity index is 375. The quantitative estimate of drug-likeness (QED) is 0.739. The normalized spacial score (nSPS) is 15.6. The molecular formula is C14H25N3O2. The van der Waals surface area contributed by atoms with Crippen molar-refractivity contribution >= 4 is 0 Å². The molecule has 0 amide bonds. The maximum Gasteiger partial charge on any atom is 0.151 e. The Labute approximate surface area is 115 Å². The predicted octanol–water partition coefficient (Wildman–Crippen LogP) is 1.78. The van der Waals surface area contributed by atoms with E-state index in [0.717, 1.165) is 37.7 Å². The molecule has 0 aromatic carbocycles. The monoisotopic (exact) mass is 267 g/mol. The fourth-order valence-electron chi connectivity index (χ4n) is 1.98. The Balaban J connectivity index is 1.81. The third-order valence-corrected chi connectivity index (χ3v) is 3.43. The second-order valence-electron chi connectivity index (χ2n) is 5.50. The molecule has 5 nitrogen and oxygen atoms in total. The summed E-state index contributed by atoms with van der Waals surface area (Å²) in [6.45, 7) is 7.61. The summed E-state index contributed by atoms with van der Waals surface area (Å²) in [5.41, 5.74) is 0.998. The Morgan fingerprint density at radius 3 is 2.95 bits per heavy atom. The minimum atomic E-state index is 0.466. The van der Waals surface area contributed by atoms with Crippen LogP contribution in [0.25, 0.3) is 0 Å². The molecule has 1 aromatic rings. The number of nitrogens with zero attached hydrogens (tertiary/aromatic N) is 2. The van der Waals surface area contributed by atoms with E-state index >= 15 is 0 Å². The van der Waals surface area contributed by atoms with Gasteiger partial charge in [-0.2, -0.15) is 0 Å². The molecule has 1 aliphatic rings. The van der Waals surface area contributed by atoms with E-state index in [2.05, 4.69) is 35.3 Å². The maximum atomic E-state index is 5.41. The Kier molecular flexibility index (Phi) is 5.36. The van der Waals surface area contributed by atoms with E-state index in [1.807, 2.05) is 0 Å². The molecule has 1 N–H and O–H groups in total. The number of nitrogens with one attached hydrogen (secondary N) is 1. The van der Waals surface area contributed by atoms with E-state index in [9.17, 15) is 0 Å². The van der Waals surface area contributed by atoms with Crippen LogP contribution in [0, 0.1) is 0 Å². The summed E-state index contributed by atoms with van der Waals surface area (Å²) in [4.78, 5) is 2.32. The third-order valence-electron chi connectivity index (χ3n) is 3.43. The van der Waals surface area contributed by atoms with Gasteiger partial charge in [-0.15, -0.1) is 0 Å². The number of aromatic nitrogens is 1. The van der Waals surface area contributed by atoms with Gasteiger partial charge in [0.25, 0.3) is 0 Å². The van der Waals surface area contributed by atoms with E-state index in [-0.39, 0.29) is 0 Å². The van der Waals surface area contributed by atoms with Crippen molar-refractivity contribution in [1.29, 1.82) is 0 Å². The van der Waals surface area contributed by atoms with Crippen LogP contribution < -0.4 is 5.32 Å². The zero-order valence-corrected chi connectivity index (χ0v) is 12.2. The highest BCUT2D eigenvalue weighted by Gasteiger charge is 2.21. The first-order chi connectivity index (χ1) is 9.19. The van der Waals surface area contributed by atoms with E-state index in [4.69, 9.17) is 9.26 Å². The van der Waals surface area contributed by atoms with Gasteiger partial charge < -0.3 is 14.6 Å². The fraction of sp³-hybridized carbons (Fsp3) is 0.786. The fourth-order valence-corrected chi connectivity index (χ4v) is 1.98. The van der Waals surface area contributed by atoms with Crippen LogP contribution in [0.4, 0.5) is 0 Å². The predicted molar refractivity (Wildman–Crippen MR) is 73.8 cm³/mol. The van der Waals surface area contributed by atoms with Crippen LogP contribution in [0.1, 0.15) is 38.1 Å². The molecule has 108 valence electrons. The van der Waals surface area contributed by atoms with Crippen molar-refractivity contribution in [3.8, 4) is 0 Å². The summed E-state index contributed by atoms with van der Waals surface area (Å²) in [7, 11) is 1.73. The largest absolute Gasteiger partial charge is 0.383 e. The van der Waals surface area contributed by atoms with Gasteiger partial charge >= 0.3 is 0 Å². The van der Waals surface area contributed by atoms with Gasteiger partial charge in [-0.3, -0.25) is 4.90 Å². The lowest BCUT2D eigenvalue weighted by Crippen LogP contribution is -2.33. The molecule has 1 saturated carbocycles. The standard InChI is InChI=1S/C14H25N3O2/c1-11(2)17(6-7-18-3)10-14-8-13(16-19-14)9-15-12-4-5-12/h8,11-12,15H,4-7,9-10H2,1-3H3. The van der Waals surface area contributed by atoms with Gasteiger partial charge in [-0.05, 0) is 26.7 Å². The van der Waals surface area contributed by atoms with Crippen molar-refractivity contribution in [2.75, 3.05) is 20.3 Å². The maximum absolute atomic E-state index is 5.41. The Morgan fingerprint density at radius 1 is 1.53 bits per heavy atom. The molecule has 2 rings (SSSR count). The minimum absolute atomic E-state index is 0.466. The lowest BCUT2D eigenvalue weighted by atomic mass is 10.2. The molecule has 0 unspecified atom stereocenters. The van der Waals surface area contributed by atoms with Crippen LogP contribution in [0.5, 0.6) is 0 Å². The summed E-state index contributed by atoms with van der Waals surface area (Å²) in [6.07, 6.45) is 2.59. The van der Waals surface area contributed by atoms with Gasteiger partial charge in [0.2, 0.25) is 0 Å². The van der Waals surface area contributed by atoms with E-state index < -0.39 is 0 Å². The highest BCUT2D eigenvalue weighted by atomic mass is 16.5. The summed E-state index contributed by atoms with van der Waals surface area (Å²) in [5, 5.41) is 7.55. The topological polar surface area (TPSA) is 50.5 Å². The van der Waals surface area contributed by atoms with Crippen molar-refractivity contribution in [2.24, 2.45) is 0 Å². The second-order valence-corrected chi connectivity index (χ2v) is 5.50. The SMILES string of the molecule is COCCN(Cc1cc(CNC2CC2)no1)C(C)C. The summed E-state index contributed by atoms with van der Waals surface area (Å²) in [6, 6.07) is 3.22. The summed E-state index contributed by atoms with van der Waals surface area (Å²) < 4.78 is 10.5. The van der Waals surface area contributed by atoms with Crippen LogP contribution in [0.15, 0.2) is 10.6 Å². The van der Waals surface area contributed by atoms with E-state index in [0.29, 0.717) is 12.1 Å². The van der Waals surface area contributed by atoms with Crippen LogP contribution in [-0.2, 0) is 17.8 Å². The van der Waals surface area contributed by atoms with Crippen LogP contribution in [-0.4, -0.2) is 42.4 Å². The third kappa shape index (κ3) is 4.93. The molecule has 1 aromatic heterocycles. The number of hydrogen-bond acceptors (Lipinski definition) is 5. The first-order valence-corrected chi connectivity index (χ1v) is 7.10. The number of rotatable bonds is 9. The number of methoxy groups -OCH3 is 1. The molecular weight excluding hydrogens is 242 g/mol. The van der Waals surface area contributed by atoms with Crippen molar-refractivity contribution in [2.45, 2.75) is 51.9 Å². The highest BCUT2D eigenvalue weighted by Crippen LogP contribution is 2.19. The Morgan fingerprint density at radius 2 is 2.32 bits per heavy atom. The minimum Gasteiger partial charge on any atom is -0.383 e. The average Bonchev–Trinajstić information content (AvgIpc) is 3.11. The van der Waals surface area contributed by atoms with Crippen molar-refractivity contribution < 1.29 is 9.26 Å². The highest BCUT2D eigenvalue weighted by molar-refractivity contribution is 5.06. The van der Waals surface area contributed by atoms with Crippen molar-refractivity contribution in [1.82, 2.24) is 15.4 Å². The van der Waals surface area contributed by atoms with Crippen LogP contribution in [0.3, 0.4) is 0 Å². The molecule has 0 bridgehead atoms. The first kappa shape index (κ1) is 14.5. The van der Waals surface area contributed by atoms with Gasteiger partial charge in [-0.25, -0.2) is 0 Å². The van der Waals surface area contributed by atoms with Gasteiger partial charge in [-0.1, -0.05) is 5.16 Å². The molecule has 0 saturated heterocycles. The number of ether oxygens (including phenoxy) is 1. The molecule has 5 heteroatoms. The van der Waals surface area contributed by atoms with Crippen LogP contribution >= 0.6 is 0 Å².